The van der Waals surface area contributed by atoms with Crippen LogP contribution < -0.4 is 5.73 Å². The Kier molecular flexibility index (Phi) is 8.35. The Labute approximate surface area is 102 Å². The number of hydrogen-bond acceptors (Lipinski definition) is 6. The van der Waals surface area contributed by atoms with Crippen LogP contribution in [0, 0.1) is 5.92 Å². The third-order valence-corrected chi connectivity index (χ3v) is 2.45. The number of carbonyl (C=O) groups is 2. The largest absolute Gasteiger partial charge is 0.352 e. The Morgan fingerprint density at radius 2 is 1.59 bits per heavy atom. The molecule has 1 rings (SSSR count). The molecule has 0 amide bonds. The maximum Gasteiger partial charge on any atom is 0.352 e. The van der Waals surface area contributed by atoms with E-state index in [1.54, 1.807) is 0 Å². The minimum Gasteiger partial charge on any atom is -0.330 e. The number of rotatable bonds is 1. The second kappa shape index (κ2) is 8.95. The lowest BCUT2D eigenvalue weighted by atomic mass is 9.98. The van der Waals surface area contributed by atoms with Crippen LogP contribution in [0.25, 0.3) is 0 Å². The number of likely N-dealkylation sites (tertiary alicyclic amines) is 1. The monoisotopic (exact) mass is 246 g/mol. The third-order valence-electron chi connectivity index (χ3n) is 2.45. The van der Waals surface area contributed by atoms with Crippen molar-refractivity contribution < 1.29 is 19.4 Å². The van der Waals surface area contributed by atoms with E-state index in [4.69, 9.17) is 5.73 Å². The first-order valence-electron chi connectivity index (χ1n) is 5.70. The molecular formula is C11H22N2O4. The number of hydrogen-bond donors (Lipinski definition) is 1. The lowest BCUT2D eigenvalue weighted by Gasteiger charge is -2.27. The van der Waals surface area contributed by atoms with Gasteiger partial charge in [-0.05, 0) is 45.4 Å². The fraction of sp³-hybridized carbons (Fsp3) is 0.818. The van der Waals surface area contributed by atoms with E-state index >= 15 is 0 Å². The van der Waals surface area contributed by atoms with Gasteiger partial charge in [0.2, 0.25) is 0 Å². The van der Waals surface area contributed by atoms with Gasteiger partial charge < -0.3 is 10.6 Å². The molecule has 0 spiro atoms. The van der Waals surface area contributed by atoms with E-state index in [2.05, 4.69) is 21.7 Å². The summed E-state index contributed by atoms with van der Waals surface area (Å²) in [7, 11) is 2.17. The molecule has 0 atom stereocenters. The van der Waals surface area contributed by atoms with Gasteiger partial charge in [0.15, 0.2) is 0 Å². The van der Waals surface area contributed by atoms with E-state index in [1.165, 1.54) is 25.9 Å². The molecule has 0 bridgehead atoms. The molecule has 0 saturated carbocycles. The average Bonchev–Trinajstić information content (AvgIpc) is 2.28. The molecule has 100 valence electrons. The SMILES string of the molecule is CC(=O)OOC(C)=O.CN1CCC(CN)CC1. The summed E-state index contributed by atoms with van der Waals surface area (Å²) in [5, 5.41) is 0. The standard InChI is InChI=1S/C7H16N2.C4H6O4/c1-9-4-2-7(6-8)3-5-9;1-3(5)7-8-4(2)6/h7H,2-6,8H2,1H3;1-2H3. The molecule has 1 fully saturated rings. The second-order valence-electron chi connectivity index (χ2n) is 4.13. The van der Waals surface area contributed by atoms with Crippen LogP contribution in [0.3, 0.4) is 0 Å². The van der Waals surface area contributed by atoms with Crippen molar-refractivity contribution in [3.63, 3.8) is 0 Å². The molecule has 0 aromatic heterocycles. The molecule has 1 aliphatic heterocycles. The van der Waals surface area contributed by atoms with Crippen molar-refractivity contribution >= 4 is 11.9 Å². The summed E-state index contributed by atoms with van der Waals surface area (Å²) in [5.41, 5.74) is 5.53. The molecule has 0 aliphatic carbocycles. The Balaban J connectivity index is 0.000000304. The summed E-state index contributed by atoms with van der Waals surface area (Å²) in [5.74, 6) is -0.471. The van der Waals surface area contributed by atoms with Crippen LogP contribution in [-0.4, -0.2) is 43.5 Å². The smallest absolute Gasteiger partial charge is 0.330 e. The number of piperidine rings is 1. The van der Waals surface area contributed by atoms with Gasteiger partial charge in [-0.3, -0.25) is 0 Å². The fourth-order valence-electron chi connectivity index (χ4n) is 1.42. The summed E-state index contributed by atoms with van der Waals surface area (Å²) in [4.78, 5) is 29.7. The Morgan fingerprint density at radius 1 is 1.18 bits per heavy atom. The number of nitrogens with two attached hydrogens (primary N) is 1. The topological polar surface area (TPSA) is 81.9 Å². The van der Waals surface area contributed by atoms with Crippen LogP contribution in [0.1, 0.15) is 26.7 Å². The van der Waals surface area contributed by atoms with Crippen LogP contribution in [0.15, 0.2) is 0 Å². The van der Waals surface area contributed by atoms with E-state index in [0.29, 0.717) is 0 Å². The molecule has 0 aromatic rings. The van der Waals surface area contributed by atoms with Crippen molar-refractivity contribution in [2.45, 2.75) is 26.7 Å². The van der Waals surface area contributed by atoms with Crippen molar-refractivity contribution in [3.8, 4) is 0 Å². The molecule has 0 aromatic carbocycles. The van der Waals surface area contributed by atoms with Crippen LogP contribution >= 0.6 is 0 Å². The normalized spacial score (nSPS) is 16.7. The molecule has 1 aliphatic rings. The molecule has 1 saturated heterocycles. The summed E-state index contributed by atoms with van der Waals surface area (Å²) in [6, 6.07) is 0. The Morgan fingerprint density at radius 3 is 1.88 bits per heavy atom. The van der Waals surface area contributed by atoms with Crippen LogP contribution in [0.2, 0.25) is 0 Å². The Hall–Kier alpha value is -1.14. The van der Waals surface area contributed by atoms with Gasteiger partial charge in [-0.2, -0.15) is 0 Å². The van der Waals surface area contributed by atoms with E-state index < -0.39 is 11.9 Å². The van der Waals surface area contributed by atoms with Crippen molar-refractivity contribution in [1.29, 1.82) is 0 Å². The molecule has 17 heavy (non-hydrogen) atoms. The van der Waals surface area contributed by atoms with E-state index in [-0.39, 0.29) is 0 Å². The summed E-state index contributed by atoms with van der Waals surface area (Å²) in [6.07, 6.45) is 2.60. The van der Waals surface area contributed by atoms with Gasteiger partial charge in [0.05, 0.1) is 0 Å². The predicted octanol–water partition coefficient (Wildman–Crippen LogP) is 0.315. The minimum atomic E-state index is -0.639. The third kappa shape index (κ3) is 9.77. The van der Waals surface area contributed by atoms with E-state index in [9.17, 15) is 9.59 Å². The molecule has 6 heteroatoms. The van der Waals surface area contributed by atoms with E-state index in [1.807, 2.05) is 0 Å². The minimum absolute atomic E-state index is 0.639. The van der Waals surface area contributed by atoms with Crippen molar-refractivity contribution in [2.75, 3.05) is 26.7 Å². The lowest BCUT2D eigenvalue weighted by molar-refractivity contribution is -0.255. The highest BCUT2D eigenvalue weighted by atomic mass is 17.2. The van der Waals surface area contributed by atoms with Gasteiger partial charge >= 0.3 is 11.9 Å². The zero-order valence-corrected chi connectivity index (χ0v) is 10.8. The first-order chi connectivity index (χ1) is 7.95. The maximum absolute atomic E-state index is 9.85. The first-order valence-corrected chi connectivity index (χ1v) is 5.70. The molecular weight excluding hydrogens is 224 g/mol. The molecule has 0 radical (unpaired) electrons. The van der Waals surface area contributed by atoms with Crippen molar-refractivity contribution in [1.82, 2.24) is 4.90 Å². The van der Waals surface area contributed by atoms with Gasteiger partial charge in [0, 0.05) is 13.8 Å². The molecule has 0 unspecified atom stereocenters. The van der Waals surface area contributed by atoms with Gasteiger partial charge in [0.1, 0.15) is 0 Å². The quantitative estimate of drug-likeness (QED) is 0.530. The molecule has 2 N–H and O–H groups in total. The molecule has 6 nitrogen and oxygen atoms in total. The lowest BCUT2D eigenvalue weighted by Crippen LogP contribution is -2.33. The van der Waals surface area contributed by atoms with Gasteiger partial charge in [-0.15, -0.1) is 0 Å². The zero-order valence-electron chi connectivity index (χ0n) is 10.8. The number of nitrogens with zero attached hydrogens (tertiary/aromatic N) is 1. The zero-order chi connectivity index (χ0) is 13.3. The van der Waals surface area contributed by atoms with Crippen LogP contribution in [-0.2, 0) is 19.4 Å². The highest BCUT2D eigenvalue weighted by molar-refractivity contribution is 5.69. The summed E-state index contributed by atoms with van der Waals surface area (Å²) >= 11 is 0. The van der Waals surface area contributed by atoms with Gasteiger partial charge in [-0.25, -0.2) is 19.4 Å². The van der Waals surface area contributed by atoms with Crippen molar-refractivity contribution in [3.05, 3.63) is 0 Å². The highest BCUT2D eigenvalue weighted by Crippen LogP contribution is 2.13. The first kappa shape index (κ1) is 15.9. The predicted molar refractivity (Wildman–Crippen MR) is 62.8 cm³/mol. The van der Waals surface area contributed by atoms with Crippen molar-refractivity contribution in [2.24, 2.45) is 11.7 Å². The maximum atomic E-state index is 9.85. The van der Waals surface area contributed by atoms with E-state index in [0.717, 1.165) is 26.3 Å². The van der Waals surface area contributed by atoms with Gasteiger partial charge in [0.25, 0.3) is 0 Å². The number of carbonyl (C=O) groups excluding carboxylic acids is 2. The molecule has 1 heterocycles. The second-order valence-corrected chi connectivity index (χ2v) is 4.13. The fourth-order valence-corrected chi connectivity index (χ4v) is 1.42. The Bertz CT molecular complexity index is 224. The summed E-state index contributed by atoms with van der Waals surface area (Å²) < 4.78 is 0. The average molecular weight is 246 g/mol. The van der Waals surface area contributed by atoms with Crippen LogP contribution in [0.5, 0.6) is 0 Å². The van der Waals surface area contributed by atoms with Crippen LogP contribution in [0.4, 0.5) is 0 Å². The van der Waals surface area contributed by atoms with Gasteiger partial charge in [-0.1, -0.05) is 0 Å². The highest BCUT2D eigenvalue weighted by Gasteiger charge is 2.13. The summed E-state index contributed by atoms with van der Waals surface area (Å²) in [6.45, 7) is 5.64.